The van der Waals surface area contributed by atoms with Gasteiger partial charge >= 0.3 is 5.97 Å². The van der Waals surface area contributed by atoms with Gasteiger partial charge in [0.25, 0.3) is 0 Å². The Labute approximate surface area is 117 Å². The van der Waals surface area contributed by atoms with Crippen LogP contribution in [0.25, 0.3) is 0 Å². The zero-order chi connectivity index (χ0) is 14.1. The number of aryl methyl sites for hydroxylation is 1. The highest BCUT2D eigenvalue weighted by molar-refractivity contribution is 5.86. The summed E-state index contributed by atoms with van der Waals surface area (Å²) in [5.74, 6) is 0.680. The van der Waals surface area contributed by atoms with Crippen LogP contribution in [-0.4, -0.2) is 46.0 Å². The summed E-state index contributed by atoms with van der Waals surface area (Å²) in [5, 5.41) is 0. The van der Waals surface area contributed by atoms with E-state index >= 15 is 0 Å². The van der Waals surface area contributed by atoms with Crippen LogP contribution in [-0.2, 0) is 27.3 Å². The van der Waals surface area contributed by atoms with E-state index < -0.39 is 6.04 Å². The van der Waals surface area contributed by atoms with Crippen LogP contribution < -0.4 is 0 Å². The van der Waals surface area contributed by atoms with Gasteiger partial charge in [0.1, 0.15) is 11.9 Å². The molecule has 3 heterocycles. The predicted molar refractivity (Wildman–Crippen MR) is 70.8 cm³/mol. The molecule has 2 atom stereocenters. The average Bonchev–Trinajstić information content (AvgIpc) is 3.13. The Morgan fingerprint density at radius 2 is 2.20 bits per heavy atom. The average molecular weight is 277 g/mol. The highest BCUT2D eigenvalue weighted by Gasteiger charge is 2.38. The third-order valence-electron chi connectivity index (χ3n) is 4.31. The summed E-state index contributed by atoms with van der Waals surface area (Å²) in [5.41, 5.74) is 0. The maximum absolute atomic E-state index is 12.6. The number of carbonyl (C=O) groups excluding carboxylic acids is 2. The van der Waals surface area contributed by atoms with Crippen molar-refractivity contribution in [3.63, 3.8) is 0 Å². The van der Waals surface area contributed by atoms with Crippen molar-refractivity contribution < 1.29 is 14.3 Å². The fourth-order valence-electron chi connectivity index (χ4n) is 3.21. The zero-order valence-corrected chi connectivity index (χ0v) is 11.6. The monoisotopic (exact) mass is 277 g/mol. The minimum absolute atomic E-state index is 0.0600. The second kappa shape index (κ2) is 5.26. The number of esters is 1. The van der Waals surface area contributed by atoms with Crippen LogP contribution in [0.5, 0.6) is 0 Å². The molecule has 2 aliphatic heterocycles. The molecule has 1 fully saturated rings. The van der Waals surface area contributed by atoms with Crippen molar-refractivity contribution in [2.75, 3.05) is 13.7 Å². The topological polar surface area (TPSA) is 64.4 Å². The van der Waals surface area contributed by atoms with E-state index in [2.05, 4.69) is 9.55 Å². The molecule has 1 aromatic heterocycles. The lowest BCUT2D eigenvalue weighted by atomic mass is 9.96. The van der Waals surface area contributed by atoms with E-state index in [-0.39, 0.29) is 17.8 Å². The summed E-state index contributed by atoms with van der Waals surface area (Å²) < 4.78 is 6.89. The number of imidazole rings is 1. The number of methoxy groups -OCH3 is 1. The van der Waals surface area contributed by atoms with Crippen LogP contribution in [0.4, 0.5) is 0 Å². The van der Waals surface area contributed by atoms with E-state index in [1.54, 1.807) is 11.1 Å². The first-order valence-corrected chi connectivity index (χ1v) is 7.09. The van der Waals surface area contributed by atoms with E-state index in [0.717, 1.165) is 25.2 Å². The number of hydrogen-bond donors (Lipinski definition) is 0. The molecule has 0 N–H and O–H groups in total. The number of amides is 1. The summed E-state index contributed by atoms with van der Waals surface area (Å²) >= 11 is 0. The molecule has 3 rings (SSSR count). The van der Waals surface area contributed by atoms with Crippen molar-refractivity contribution in [1.29, 1.82) is 0 Å². The van der Waals surface area contributed by atoms with Gasteiger partial charge in [0.15, 0.2) is 0 Å². The maximum Gasteiger partial charge on any atom is 0.328 e. The molecule has 0 bridgehead atoms. The molecule has 0 aliphatic carbocycles. The lowest BCUT2D eigenvalue weighted by molar-refractivity contribution is -0.152. The Bertz CT molecular complexity index is 525. The van der Waals surface area contributed by atoms with Crippen molar-refractivity contribution in [2.24, 2.45) is 5.92 Å². The molecule has 2 aliphatic rings. The normalized spacial score (nSPS) is 25.4. The van der Waals surface area contributed by atoms with Crippen LogP contribution in [0.2, 0.25) is 0 Å². The lowest BCUT2D eigenvalue weighted by Crippen LogP contribution is -2.45. The molecule has 1 aromatic rings. The molecule has 0 spiro atoms. The van der Waals surface area contributed by atoms with Gasteiger partial charge in [-0.25, -0.2) is 9.78 Å². The quantitative estimate of drug-likeness (QED) is 0.743. The fraction of sp³-hybridized carbons (Fsp3) is 0.643. The van der Waals surface area contributed by atoms with Gasteiger partial charge in [0.2, 0.25) is 5.91 Å². The first-order chi connectivity index (χ1) is 9.70. The van der Waals surface area contributed by atoms with Crippen LogP contribution in [0.3, 0.4) is 0 Å². The molecule has 2 unspecified atom stereocenters. The van der Waals surface area contributed by atoms with Crippen molar-refractivity contribution in [3.05, 3.63) is 18.2 Å². The lowest BCUT2D eigenvalue weighted by Gasteiger charge is -2.29. The van der Waals surface area contributed by atoms with Crippen molar-refractivity contribution in [1.82, 2.24) is 14.5 Å². The maximum atomic E-state index is 12.6. The van der Waals surface area contributed by atoms with E-state index in [1.165, 1.54) is 7.11 Å². The number of likely N-dealkylation sites (tertiary alicyclic amines) is 1. The molecule has 1 amide bonds. The summed E-state index contributed by atoms with van der Waals surface area (Å²) in [6.07, 6.45) is 6.77. The first kappa shape index (κ1) is 13.1. The first-order valence-electron chi connectivity index (χ1n) is 7.09. The molecule has 20 heavy (non-hydrogen) atoms. The Morgan fingerprint density at radius 1 is 1.35 bits per heavy atom. The molecule has 108 valence electrons. The van der Waals surface area contributed by atoms with Gasteiger partial charge in [-0.15, -0.1) is 0 Å². The molecule has 0 radical (unpaired) electrons. The fourth-order valence-corrected chi connectivity index (χ4v) is 3.21. The zero-order valence-electron chi connectivity index (χ0n) is 11.6. The number of hydrogen-bond acceptors (Lipinski definition) is 4. The van der Waals surface area contributed by atoms with Crippen molar-refractivity contribution >= 4 is 11.9 Å². The van der Waals surface area contributed by atoms with E-state index in [9.17, 15) is 9.59 Å². The minimum atomic E-state index is -0.394. The van der Waals surface area contributed by atoms with E-state index in [4.69, 9.17) is 4.74 Å². The van der Waals surface area contributed by atoms with Gasteiger partial charge in [-0.1, -0.05) is 0 Å². The number of aromatic nitrogens is 2. The molecule has 0 saturated carbocycles. The third kappa shape index (κ3) is 2.19. The van der Waals surface area contributed by atoms with Gasteiger partial charge < -0.3 is 14.2 Å². The minimum Gasteiger partial charge on any atom is -0.467 e. The number of ether oxygens (including phenoxy) is 1. The molecule has 6 heteroatoms. The molecule has 6 nitrogen and oxygen atoms in total. The third-order valence-corrected chi connectivity index (χ3v) is 4.31. The van der Waals surface area contributed by atoms with Gasteiger partial charge in [0, 0.05) is 37.8 Å². The van der Waals surface area contributed by atoms with Crippen molar-refractivity contribution in [2.45, 2.75) is 38.3 Å². The number of nitrogens with zero attached hydrogens (tertiary/aromatic N) is 3. The highest BCUT2D eigenvalue weighted by atomic mass is 16.5. The van der Waals surface area contributed by atoms with Crippen LogP contribution >= 0.6 is 0 Å². The van der Waals surface area contributed by atoms with Crippen LogP contribution in [0.15, 0.2) is 12.4 Å². The predicted octanol–water partition coefficient (Wildman–Crippen LogP) is 0.609. The highest BCUT2D eigenvalue weighted by Crippen LogP contribution is 2.26. The Balaban J connectivity index is 1.71. The van der Waals surface area contributed by atoms with Crippen LogP contribution in [0.1, 0.15) is 25.1 Å². The van der Waals surface area contributed by atoms with E-state index in [1.807, 2.05) is 6.20 Å². The summed E-state index contributed by atoms with van der Waals surface area (Å²) in [4.78, 5) is 30.4. The Kier molecular flexibility index (Phi) is 3.46. The van der Waals surface area contributed by atoms with Gasteiger partial charge in [-0.3, -0.25) is 4.79 Å². The standard InChI is InChI=1S/C14H19N3O3/c1-20-14(19)11-3-2-6-17(11)13(18)10-4-7-16-8-5-15-12(16)9-10/h5,8,10-11H,2-4,6-7,9H2,1H3. The smallest absolute Gasteiger partial charge is 0.328 e. The number of carbonyl (C=O) groups is 2. The molecule has 1 saturated heterocycles. The molecular weight excluding hydrogens is 258 g/mol. The Hall–Kier alpha value is -1.85. The summed E-state index contributed by atoms with van der Waals surface area (Å²) in [6, 6.07) is -0.394. The van der Waals surface area contributed by atoms with Gasteiger partial charge in [-0.2, -0.15) is 0 Å². The van der Waals surface area contributed by atoms with Crippen molar-refractivity contribution in [3.8, 4) is 0 Å². The summed E-state index contributed by atoms with van der Waals surface area (Å²) in [7, 11) is 1.38. The number of fused-ring (bicyclic) bond motifs is 1. The second-order valence-electron chi connectivity index (χ2n) is 5.44. The summed E-state index contributed by atoms with van der Waals surface area (Å²) in [6.45, 7) is 1.48. The van der Waals surface area contributed by atoms with E-state index in [0.29, 0.717) is 19.4 Å². The molecular formula is C14H19N3O3. The Morgan fingerprint density at radius 3 is 3.00 bits per heavy atom. The second-order valence-corrected chi connectivity index (χ2v) is 5.44. The largest absolute Gasteiger partial charge is 0.467 e. The van der Waals surface area contributed by atoms with Crippen LogP contribution in [0, 0.1) is 5.92 Å². The number of rotatable bonds is 2. The molecule has 0 aromatic carbocycles. The SMILES string of the molecule is COC(=O)C1CCCN1C(=O)C1CCn2ccnc2C1. The van der Waals surface area contributed by atoms with Gasteiger partial charge in [-0.05, 0) is 19.3 Å². The van der Waals surface area contributed by atoms with Gasteiger partial charge in [0.05, 0.1) is 7.11 Å².